The van der Waals surface area contributed by atoms with E-state index in [2.05, 4.69) is 32.7 Å². The van der Waals surface area contributed by atoms with E-state index >= 15 is 0 Å². The van der Waals surface area contributed by atoms with Crippen LogP contribution in [0.15, 0.2) is 0 Å². The van der Waals surface area contributed by atoms with Crippen LogP contribution in [0.3, 0.4) is 0 Å². The molecule has 3 nitrogen and oxygen atoms in total. The smallest absolute Gasteiger partial charge is 0.0743 e. The fourth-order valence-corrected chi connectivity index (χ4v) is 2.70. The number of nitrogens with zero attached hydrogens (tertiary/aromatic N) is 1. The zero-order valence-electron chi connectivity index (χ0n) is 10.6. The van der Waals surface area contributed by atoms with Crippen molar-refractivity contribution in [3.8, 4) is 0 Å². The van der Waals surface area contributed by atoms with Crippen LogP contribution in [0.4, 0.5) is 0 Å². The first-order valence-corrected chi connectivity index (χ1v) is 6.13. The summed E-state index contributed by atoms with van der Waals surface area (Å²) in [6.45, 7) is 8.20. The minimum Gasteiger partial charge on any atom is -0.376 e. The van der Waals surface area contributed by atoms with Crippen molar-refractivity contribution in [1.82, 2.24) is 4.90 Å². The van der Waals surface area contributed by atoms with Crippen molar-refractivity contribution in [2.24, 2.45) is 5.73 Å². The lowest BCUT2D eigenvalue weighted by atomic mass is 9.88. The van der Waals surface area contributed by atoms with E-state index in [0.717, 1.165) is 13.0 Å². The molecule has 0 aliphatic carbocycles. The van der Waals surface area contributed by atoms with Crippen molar-refractivity contribution in [2.45, 2.75) is 57.7 Å². The van der Waals surface area contributed by atoms with Gasteiger partial charge < -0.3 is 10.5 Å². The Kier molecular flexibility index (Phi) is 4.56. The molecule has 0 aromatic rings. The maximum absolute atomic E-state index is 5.97. The Morgan fingerprint density at radius 3 is 2.67 bits per heavy atom. The molecule has 0 amide bonds. The third-order valence-corrected chi connectivity index (χ3v) is 4.08. The van der Waals surface area contributed by atoms with E-state index in [1.807, 2.05) is 0 Å². The highest BCUT2D eigenvalue weighted by molar-refractivity contribution is 5.00. The van der Waals surface area contributed by atoms with Gasteiger partial charge >= 0.3 is 0 Å². The van der Waals surface area contributed by atoms with Crippen molar-refractivity contribution in [2.75, 3.05) is 20.2 Å². The Bertz CT molecular complexity index is 198. The first-order valence-electron chi connectivity index (χ1n) is 6.13. The molecule has 2 N–H and O–H groups in total. The molecule has 0 spiro atoms. The van der Waals surface area contributed by atoms with Crippen molar-refractivity contribution < 1.29 is 4.74 Å². The zero-order chi connectivity index (χ0) is 11.5. The van der Waals surface area contributed by atoms with E-state index in [1.165, 1.54) is 12.8 Å². The first kappa shape index (κ1) is 12.9. The molecule has 0 bridgehead atoms. The largest absolute Gasteiger partial charge is 0.376 e. The third kappa shape index (κ3) is 2.35. The Morgan fingerprint density at radius 2 is 2.27 bits per heavy atom. The van der Waals surface area contributed by atoms with E-state index in [-0.39, 0.29) is 11.6 Å². The number of rotatable bonds is 5. The van der Waals surface area contributed by atoms with Gasteiger partial charge in [-0.3, -0.25) is 4.90 Å². The molecule has 1 saturated heterocycles. The van der Waals surface area contributed by atoms with Crippen LogP contribution in [-0.4, -0.2) is 42.8 Å². The van der Waals surface area contributed by atoms with Crippen molar-refractivity contribution in [3.63, 3.8) is 0 Å². The van der Waals surface area contributed by atoms with Crippen LogP contribution in [0.5, 0.6) is 0 Å². The second-order valence-corrected chi connectivity index (χ2v) is 4.82. The summed E-state index contributed by atoms with van der Waals surface area (Å²) in [6, 6.07) is 0.586. The molecule has 1 fully saturated rings. The average molecular weight is 214 g/mol. The van der Waals surface area contributed by atoms with Crippen LogP contribution >= 0.6 is 0 Å². The van der Waals surface area contributed by atoms with Crippen LogP contribution in [0.1, 0.15) is 40.0 Å². The molecule has 15 heavy (non-hydrogen) atoms. The Labute approximate surface area is 94.0 Å². The van der Waals surface area contributed by atoms with Crippen LogP contribution in [0.25, 0.3) is 0 Å². The van der Waals surface area contributed by atoms with Gasteiger partial charge in [-0.05, 0) is 33.7 Å². The summed E-state index contributed by atoms with van der Waals surface area (Å²) in [4.78, 5) is 2.44. The summed E-state index contributed by atoms with van der Waals surface area (Å²) < 4.78 is 5.69. The predicted molar refractivity (Wildman–Crippen MR) is 63.9 cm³/mol. The highest BCUT2D eigenvalue weighted by Crippen LogP contribution is 2.32. The Morgan fingerprint density at radius 1 is 1.60 bits per heavy atom. The molecule has 1 heterocycles. The van der Waals surface area contributed by atoms with Crippen molar-refractivity contribution in [3.05, 3.63) is 0 Å². The SMILES string of the molecule is CCCC(C)N(C)C1(CN)CCOC1C. The molecule has 0 aromatic heterocycles. The summed E-state index contributed by atoms with van der Waals surface area (Å²) in [5.74, 6) is 0. The predicted octanol–water partition coefficient (Wildman–Crippen LogP) is 1.61. The van der Waals surface area contributed by atoms with Gasteiger partial charge in [-0.1, -0.05) is 13.3 Å². The number of hydrogen-bond donors (Lipinski definition) is 1. The molecular formula is C12H26N2O. The van der Waals surface area contributed by atoms with Crippen LogP contribution < -0.4 is 5.73 Å². The fraction of sp³-hybridized carbons (Fsp3) is 1.00. The van der Waals surface area contributed by atoms with Gasteiger partial charge in [0.15, 0.2) is 0 Å². The van der Waals surface area contributed by atoms with E-state index in [9.17, 15) is 0 Å². The first-order chi connectivity index (χ1) is 7.08. The molecule has 1 aliphatic rings. The molecule has 1 rings (SSSR count). The van der Waals surface area contributed by atoms with Gasteiger partial charge in [-0.2, -0.15) is 0 Å². The number of hydrogen-bond acceptors (Lipinski definition) is 3. The van der Waals surface area contributed by atoms with E-state index in [1.54, 1.807) is 0 Å². The average Bonchev–Trinajstić information content (AvgIpc) is 2.60. The van der Waals surface area contributed by atoms with E-state index in [4.69, 9.17) is 10.5 Å². The quantitative estimate of drug-likeness (QED) is 0.755. The van der Waals surface area contributed by atoms with E-state index < -0.39 is 0 Å². The maximum Gasteiger partial charge on any atom is 0.0743 e. The molecular weight excluding hydrogens is 188 g/mol. The third-order valence-electron chi connectivity index (χ3n) is 4.08. The second-order valence-electron chi connectivity index (χ2n) is 4.82. The molecule has 3 heteroatoms. The van der Waals surface area contributed by atoms with Gasteiger partial charge in [-0.25, -0.2) is 0 Å². The lowest BCUT2D eigenvalue weighted by molar-refractivity contribution is 0.00805. The monoisotopic (exact) mass is 214 g/mol. The lowest BCUT2D eigenvalue weighted by Crippen LogP contribution is -2.59. The number of ether oxygens (including phenoxy) is 1. The van der Waals surface area contributed by atoms with Crippen molar-refractivity contribution in [1.29, 1.82) is 0 Å². The topological polar surface area (TPSA) is 38.5 Å². The Hall–Kier alpha value is -0.120. The maximum atomic E-state index is 5.97. The molecule has 3 atom stereocenters. The van der Waals surface area contributed by atoms with Crippen LogP contribution in [0.2, 0.25) is 0 Å². The minimum absolute atomic E-state index is 0.0641. The van der Waals surface area contributed by atoms with Gasteiger partial charge in [-0.15, -0.1) is 0 Å². The summed E-state index contributed by atoms with van der Waals surface area (Å²) in [5, 5.41) is 0. The zero-order valence-corrected chi connectivity index (χ0v) is 10.6. The molecule has 1 aliphatic heterocycles. The number of likely N-dealkylation sites (N-methyl/N-ethyl adjacent to an activating group) is 1. The van der Waals surface area contributed by atoms with Gasteiger partial charge in [0.1, 0.15) is 0 Å². The number of nitrogens with two attached hydrogens (primary N) is 1. The van der Waals surface area contributed by atoms with Gasteiger partial charge in [0.2, 0.25) is 0 Å². The lowest BCUT2D eigenvalue weighted by Gasteiger charge is -2.43. The van der Waals surface area contributed by atoms with Crippen LogP contribution in [-0.2, 0) is 4.74 Å². The van der Waals surface area contributed by atoms with E-state index in [0.29, 0.717) is 12.6 Å². The van der Waals surface area contributed by atoms with Gasteiger partial charge in [0.05, 0.1) is 11.6 Å². The molecule has 90 valence electrons. The van der Waals surface area contributed by atoms with Crippen LogP contribution in [0, 0.1) is 0 Å². The summed E-state index contributed by atoms with van der Waals surface area (Å²) in [6.07, 6.45) is 3.77. The molecule has 0 radical (unpaired) electrons. The molecule has 0 saturated carbocycles. The minimum atomic E-state index is 0.0641. The van der Waals surface area contributed by atoms with Gasteiger partial charge in [0.25, 0.3) is 0 Å². The summed E-state index contributed by atoms with van der Waals surface area (Å²) in [7, 11) is 2.19. The normalized spacial score (nSPS) is 33.6. The highest BCUT2D eigenvalue weighted by atomic mass is 16.5. The summed E-state index contributed by atoms with van der Waals surface area (Å²) in [5.41, 5.74) is 6.04. The summed E-state index contributed by atoms with van der Waals surface area (Å²) >= 11 is 0. The molecule has 3 unspecified atom stereocenters. The van der Waals surface area contributed by atoms with Gasteiger partial charge in [0, 0.05) is 19.2 Å². The Balaban J connectivity index is 2.72. The highest BCUT2D eigenvalue weighted by Gasteiger charge is 2.44. The standard InChI is InChI=1S/C12H26N2O/c1-5-6-10(2)14(4)12(9-13)7-8-15-11(12)3/h10-11H,5-9,13H2,1-4H3. The second kappa shape index (κ2) is 5.28. The fourth-order valence-electron chi connectivity index (χ4n) is 2.70. The van der Waals surface area contributed by atoms with Crippen molar-refractivity contribution >= 4 is 0 Å². The molecule has 0 aromatic carbocycles.